The average Bonchev–Trinajstić information content (AvgIpc) is 2.39. The van der Waals surface area contributed by atoms with Gasteiger partial charge in [-0.2, -0.15) is 0 Å². The van der Waals surface area contributed by atoms with Gasteiger partial charge in [-0.3, -0.25) is 5.43 Å². The molecule has 3 heteroatoms. The van der Waals surface area contributed by atoms with E-state index in [-0.39, 0.29) is 0 Å². The minimum Gasteiger partial charge on any atom is -0.442 e. The maximum absolute atomic E-state index is 5.59. The van der Waals surface area contributed by atoms with Gasteiger partial charge in [0.25, 0.3) is 0 Å². The first-order chi connectivity index (χ1) is 9.15. The molecule has 0 atom stereocenters. The molecule has 2 rings (SSSR count). The molecule has 2 aromatic rings. The fourth-order valence-electron chi connectivity index (χ4n) is 1.76. The van der Waals surface area contributed by atoms with Gasteiger partial charge in [-0.05, 0) is 37.6 Å². The lowest BCUT2D eigenvalue weighted by atomic mass is 10.1. The number of rotatable bonds is 3. The molecule has 0 heterocycles. The standard InChI is InChI=1S/C16H18N2O/c1-12-9-10-16(13(2)11-12)18-17-14(3)19-15-7-5-4-6-8-15/h4-11,18H,1-3H3. The summed E-state index contributed by atoms with van der Waals surface area (Å²) in [5.74, 6) is 1.36. The van der Waals surface area contributed by atoms with Crippen LogP contribution in [0.1, 0.15) is 18.1 Å². The highest BCUT2D eigenvalue weighted by Crippen LogP contribution is 2.16. The van der Waals surface area contributed by atoms with Crippen molar-refractivity contribution in [3.05, 3.63) is 59.7 Å². The van der Waals surface area contributed by atoms with Gasteiger partial charge in [0.1, 0.15) is 5.75 Å². The summed E-state index contributed by atoms with van der Waals surface area (Å²) >= 11 is 0. The van der Waals surface area contributed by atoms with E-state index in [4.69, 9.17) is 4.74 Å². The van der Waals surface area contributed by atoms with Gasteiger partial charge in [0.15, 0.2) is 0 Å². The Balaban J connectivity index is 2.02. The Bertz CT molecular complexity index is 577. The largest absolute Gasteiger partial charge is 0.442 e. The Morgan fingerprint density at radius 1 is 1.05 bits per heavy atom. The molecule has 1 N–H and O–H groups in total. The molecular weight excluding hydrogens is 236 g/mol. The number of hydrazone groups is 1. The van der Waals surface area contributed by atoms with Crippen molar-refractivity contribution in [3.63, 3.8) is 0 Å². The molecular formula is C16H18N2O. The second-order valence-electron chi connectivity index (χ2n) is 4.48. The monoisotopic (exact) mass is 254 g/mol. The maximum Gasteiger partial charge on any atom is 0.209 e. The zero-order valence-electron chi connectivity index (χ0n) is 11.5. The van der Waals surface area contributed by atoms with Crippen LogP contribution in [0.25, 0.3) is 0 Å². The topological polar surface area (TPSA) is 33.6 Å². The molecule has 0 amide bonds. The summed E-state index contributed by atoms with van der Waals surface area (Å²) in [6.45, 7) is 5.95. The van der Waals surface area contributed by atoms with Crippen LogP contribution in [0.15, 0.2) is 53.6 Å². The first kappa shape index (κ1) is 13.1. The summed E-state index contributed by atoms with van der Waals surface area (Å²) in [7, 11) is 0. The minimum absolute atomic E-state index is 0.575. The number of hydrogen-bond donors (Lipinski definition) is 1. The number of nitrogens with one attached hydrogen (secondary N) is 1. The molecule has 3 nitrogen and oxygen atoms in total. The Morgan fingerprint density at radius 2 is 1.79 bits per heavy atom. The van der Waals surface area contributed by atoms with E-state index in [1.54, 1.807) is 0 Å². The molecule has 0 spiro atoms. The highest BCUT2D eigenvalue weighted by atomic mass is 16.5. The summed E-state index contributed by atoms with van der Waals surface area (Å²) in [5, 5.41) is 4.22. The van der Waals surface area contributed by atoms with Crippen LogP contribution in [0.3, 0.4) is 0 Å². The molecule has 0 fully saturated rings. The third-order valence-electron chi connectivity index (χ3n) is 2.72. The van der Waals surface area contributed by atoms with E-state index < -0.39 is 0 Å². The maximum atomic E-state index is 5.59. The predicted octanol–water partition coefficient (Wildman–Crippen LogP) is 4.13. The van der Waals surface area contributed by atoms with Crippen LogP contribution in [-0.4, -0.2) is 5.90 Å². The first-order valence-electron chi connectivity index (χ1n) is 6.25. The molecule has 2 aromatic carbocycles. The number of aryl methyl sites for hydroxylation is 2. The predicted molar refractivity (Wildman–Crippen MR) is 79.7 cm³/mol. The van der Waals surface area contributed by atoms with Gasteiger partial charge in [-0.15, -0.1) is 5.10 Å². The van der Waals surface area contributed by atoms with E-state index in [9.17, 15) is 0 Å². The molecule has 0 saturated carbocycles. The number of ether oxygens (including phenoxy) is 1. The quantitative estimate of drug-likeness (QED) is 0.507. The summed E-state index contributed by atoms with van der Waals surface area (Å²) in [6, 6.07) is 15.8. The molecule has 0 aliphatic rings. The van der Waals surface area contributed by atoms with Crippen molar-refractivity contribution in [1.29, 1.82) is 0 Å². The molecule has 0 aromatic heterocycles. The number of hydrogen-bond acceptors (Lipinski definition) is 3. The minimum atomic E-state index is 0.575. The van der Waals surface area contributed by atoms with Crippen LogP contribution < -0.4 is 10.2 Å². The van der Waals surface area contributed by atoms with Gasteiger partial charge in [0.2, 0.25) is 5.90 Å². The van der Waals surface area contributed by atoms with E-state index in [0.29, 0.717) is 5.90 Å². The first-order valence-corrected chi connectivity index (χ1v) is 6.25. The van der Waals surface area contributed by atoms with Crippen molar-refractivity contribution >= 4 is 11.6 Å². The average molecular weight is 254 g/mol. The van der Waals surface area contributed by atoms with Gasteiger partial charge in [-0.1, -0.05) is 35.9 Å². The SMILES string of the molecule is CC(=NNc1ccc(C)cc1C)Oc1ccccc1. The van der Waals surface area contributed by atoms with E-state index in [1.165, 1.54) is 5.56 Å². The van der Waals surface area contributed by atoms with E-state index in [1.807, 2.05) is 43.3 Å². The van der Waals surface area contributed by atoms with Crippen LogP contribution >= 0.6 is 0 Å². The third-order valence-corrected chi connectivity index (χ3v) is 2.72. The van der Waals surface area contributed by atoms with E-state index >= 15 is 0 Å². The molecule has 98 valence electrons. The lowest BCUT2D eigenvalue weighted by molar-refractivity contribution is 0.545. The lowest BCUT2D eigenvalue weighted by Crippen LogP contribution is -2.06. The van der Waals surface area contributed by atoms with Crippen LogP contribution in [0.2, 0.25) is 0 Å². The molecule has 0 aliphatic carbocycles. The van der Waals surface area contributed by atoms with Crippen LogP contribution in [-0.2, 0) is 0 Å². The molecule has 0 aliphatic heterocycles. The van der Waals surface area contributed by atoms with Crippen LogP contribution in [0, 0.1) is 13.8 Å². The molecule has 0 saturated heterocycles. The van der Waals surface area contributed by atoms with Crippen molar-refractivity contribution in [3.8, 4) is 5.75 Å². The number of nitrogens with zero attached hydrogens (tertiary/aromatic N) is 1. The Hall–Kier alpha value is -2.29. The van der Waals surface area contributed by atoms with Gasteiger partial charge < -0.3 is 4.74 Å². The van der Waals surface area contributed by atoms with Crippen LogP contribution in [0.5, 0.6) is 5.75 Å². The van der Waals surface area contributed by atoms with Crippen molar-refractivity contribution in [1.82, 2.24) is 0 Å². The summed E-state index contributed by atoms with van der Waals surface area (Å²) < 4.78 is 5.59. The molecule has 0 unspecified atom stereocenters. The second kappa shape index (κ2) is 6.05. The van der Waals surface area contributed by atoms with Crippen molar-refractivity contribution in [2.75, 3.05) is 5.43 Å². The normalized spacial score (nSPS) is 11.2. The Labute approximate surface area is 113 Å². The van der Waals surface area contributed by atoms with Crippen LogP contribution in [0.4, 0.5) is 5.69 Å². The van der Waals surface area contributed by atoms with Crippen molar-refractivity contribution in [2.45, 2.75) is 20.8 Å². The summed E-state index contributed by atoms with van der Waals surface area (Å²) in [6.07, 6.45) is 0. The highest BCUT2D eigenvalue weighted by Gasteiger charge is 1.98. The summed E-state index contributed by atoms with van der Waals surface area (Å²) in [5.41, 5.74) is 6.41. The van der Waals surface area contributed by atoms with Crippen molar-refractivity contribution < 1.29 is 4.74 Å². The Kier molecular flexibility index (Phi) is 4.18. The third kappa shape index (κ3) is 3.85. The summed E-state index contributed by atoms with van der Waals surface area (Å²) in [4.78, 5) is 0. The number of anilines is 1. The highest BCUT2D eigenvalue weighted by molar-refractivity contribution is 5.76. The van der Waals surface area contributed by atoms with Gasteiger partial charge in [0, 0.05) is 6.92 Å². The zero-order valence-corrected chi connectivity index (χ0v) is 11.5. The molecule has 0 bridgehead atoms. The molecule has 19 heavy (non-hydrogen) atoms. The smallest absolute Gasteiger partial charge is 0.209 e. The fourth-order valence-corrected chi connectivity index (χ4v) is 1.76. The zero-order chi connectivity index (χ0) is 13.7. The van der Waals surface area contributed by atoms with Gasteiger partial charge >= 0.3 is 0 Å². The van der Waals surface area contributed by atoms with Gasteiger partial charge in [-0.25, -0.2) is 0 Å². The van der Waals surface area contributed by atoms with E-state index in [2.05, 4.69) is 36.5 Å². The second-order valence-corrected chi connectivity index (χ2v) is 4.48. The fraction of sp³-hybridized carbons (Fsp3) is 0.188. The van der Waals surface area contributed by atoms with E-state index in [0.717, 1.165) is 17.0 Å². The number of para-hydroxylation sites is 1. The lowest BCUT2D eigenvalue weighted by Gasteiger charge is -2.08. The Morgan fingerprint density at radius 3 is 2.47 bits per heavy atom. The number of benzene rings is 2. The molecule has 0 radical (unpaired) electrons. The van der Waals surface area contributed by atoms with Crippen molar-refractivity contribution in [2.24, 2.45) is 5.10 Å². The van der Waals surface area contributed by atoms with Gasteiger partial charge in [0.05, 0.1) is 5.69 Å².